The molecule has 2 amide bonds. The molecule has 264 valence electrons. The fourth-order valence-electron chi connectivity index (χ4n) is 5.90. The number of rotatable bonds is 16. The lowest BCUT2D eigenvalue weighted by Crippen LogP contribution is -2.51. The van der Waals surface area contributed by atoms with Gasteiger partial charge in [-0.2, -0.15) is 0 Å². The smallest absolute Gasteiger partial charge is 0.325 e. The molecular formula is C40H54N4O5. The van der Waals surface area contributed by atoms with Gasteiger partial charge in [-0.25, -0.2) is 0 Å². The number of carbonyl (C=O) groups excluding carboxylic acids is 2. The van der Waals surface area contributed by atoms with Crippen molar-refractivity contribution in [1.29, 1.82) is 0 Å². The fraction of sp³-hybridized carbons (Fsp3) is 0.475. The summed E-state index contributed by atoms with van der Waals surface area (Å²) < 4.78 is 5.94. The minimum absolute atomic E-state index is 0.0567. The maximum absolute atomic E-state index is 13.2. The number of carboxylic acid groups (broad SMARTS) is 1. The number of hydrogen-bond donors (Lipinski definition) is 3. The predicted octanol–water partition coefficient (Wildman–Crippen LogP) is 6.59. The van der Waals surface area contributed by atoms with Crippen molar-refractivity contribution < 1.29 is 24.2 Å². The van der Waals surface area contributed by atoms with E-state index < -0.39 is 29.9 Å². The Bertz CT molecular complexity index is 1490. The molecule has 0 radical (unpaired) electrons. The molecule has 1 heterocycles. The van der Waals surface area contributed by atoms with E-state index in [0.29, 0.717) is 5.56 Å². The van der Waals surface area contributed by atoms with Gasteiger partial charge in [0.25, 0.3) is 5.91 Å². The molecule has 0 unspecified atom stereocenters. The second-order valence-corrected chi connectivity index (χ2v) is 14.0. The Morgan fingerprint density at radius 3 is 1.86 bits per heavy atom. The van der Waals surface area contributed by atoms with Crippen LogP contribution in [0.25, 0.3) is 0 Å². The van der Waals surface area contributed by atoms with Crippen LogP contribution in [0.4, 0.5) is 11.4 Å². The van der Waals surface area contributed by atoms with Crippen molar-refractivity contribution in [1.82, 2.24) is 10.6 Å². The van der Waals surface area contributed by atoms with Crippen LogP contribution in [0.2, 0.25) is 0 Å². The summed E-state index contributed by atoms with van der Waals surface area (Å²) in [5.74, 6) is -1.16. The molecule has 3 N–H and O–H groups in total. The van der Waals surface area contributed by atoms with Crippen molar-refractivity contribution in [3.05, 3.63) is 89.5 Å². The summed E-state index contributed by atoms with van der Waals surface area (Å²) in [6.07, 6.45) is 6.35. The quantitative estimate of drug-likeness (QED) is 0.148. The molecule has 9 heteroatoms. The van der Waals surface area contributed by atoms with E-state index >= 15 is 0 Å². The van der Waals surface area contributed by atoms with Crippen LogP contribution in [0.1, 0.15) is 88.2 Å². The molecule has 2 atom stereocenters. The van der Waals surface area contributed by atoms with Crippen LogP contribution < -0.4 is 25.2 Å². The molecule has 0 bridgehead atoms. The van der Waals surface area contributed by atoms with Crippen molar-refractivity contribution in [3.63, 3.8) is 0 Å². The van der Waals surface area contributed by atoms with Crippen molar-refractivity contribution >= 4 is 29.2 Å². The highest BCUT2D eigenvalue weighted by Crippen LogP contribution is 2.25. The highest BCUT2D eigenvalue weighted by molar-refractivity contribution is 5.98. The number of nitrogens with one attached hydrogen (secondary N) is 2. The van der Waals surface area contributed by atoms with Crippen LogP contribution in [-0.4, -0.2) is 67.8 Å². The first kappa shape index (κ1) is 37.3. The first-order valence-corrected chi connectivity index (χ1v) is 17.7. The molecule has 9 nitrogen and oxygen atoms in total. The zero-order chi connectivity index (χ0) is 35.4. The molecule has 0 aromatic heterocycles. The van der Waals surface area contributed by atoms with Gasteiger partial charge in [0.05, 0.1) is 6.61 Å². The zero-order valence-corrected chi connectivity index (χ0v) is 29.8. The van der Waals surface area contributed by atoms with Crippen LogP contribution in [0, 0.1) is 0 Å². The number of carboxylic acids is 1. The van der Waals surface area contributed by atoms with Gasteiger partial charge >= 0.3 is 5.97 Å². The molecule has 1 aliphatic rings. The SMILES string of the molecule is CCCCCCCOc1ccc(N2CCN(c3ccc(C[C@H](NC(=O)c4ccc(C(C)(C)C)cc4)C(=O)N[C@H](C)C(=O)O)cc3)CC2)cc1. The van der Waals surface area contributed by atoms with Gasteiger partial charge < -0.3 is 30.3 Å². The van der Waals surface area contributed by atoms with E-state index in [1.54, 1.807) is 12.1 Å². The lowest BCUT2D eigenvalue weighted by atomic mass is 9.86. The van der Waals surface area contributed by atoms with Gasteiger partial charge in [0.15, 0.2) is 0 Å². The summed E-state index contributed by atoms with van der Waals surface area (Å²) in [6.45, 7) is 14.2. The van der Waals surface area contributed by atoms with E-state index in [1.165, 1.54) is 38.3 Å². The molecule has 1 saturated heterocycles. The van der Waals surface area contributed by atoms with Gasteiger partial charge in [0.2, 0.25) is 5.91 Å². The van der Waals surface area contributed by atoms with Crippen molar-refractivity contribution in [2.75, 3.05) is 42.6 Å². The molecule has 0 aliphatic carbocycles. The summed E-state index contributed by atoms with van der Waals surface area (Å²) in [5.41, 5.74) is 4.62. The average molecular weight is 671 g/mol. The van der Waals surface area contributed by atoms with Gasteiger partial charge in [-0.05, 0) is 78.4 Å². The summed E-state index contributed by atoms with van der Waals surface area (Å²) in [4.78, 5) is 42.5. The first-order chi connectivity index (χ1) is 23.4. The normalized spacial score (nSPS) is 14.6. The lowest BCUT2D eigenvalue weighted by molar-refractivity contribution is -0.141. The van der Waals surface area contributed by atoms with E-state index in [2.05, 4.69) is 72.4 Å². The van der Waals surface area contributed by atoms with Crippen LogP contribution in [-0.2, 0) is 21.4 Å². The summed E-state index contributed by atoms with van der Waals surface area (Å²) >= 11 is 0. The molecule has 1 aliphatic heterocycles. The second kappa shape index (κ2) is 17.7. The van der Waals surface area contributed by atoms with Gasteiger partial charge in [-0.15, -0.1) is 0 Å². The molecule has 3 aromatic carbocycles. The number of anilines is 2. The van der Waals surface area contributed by atoms with E-state index in [9.17, 15) is 19.5 Å². The molecule has 49 heavy (non-hydrogen) atoms. The van der Waals surface area contributed by atoms with E-state index in [1.807, 2.05) is 36.4 Å². The largest absolute Gasteiger partial charge is 0.494 e. The van der Waals surface area contributed by atoms with E-state index in [0.717, 1.165) is 61.8 Å². The maximum atomic E-state index is 13.2. The number of nitrogens with zero attached hydrogens (tertiary/aromatic N) is 2. The van der Waals surface area contributed by atoms with E-state index in [4.69, 9.17) is 4.74 Å². The Morgan fingerprint density at radius 1 is 0.776 bits per heavy atom. The monoisotopic (exact) mass is 670 g/mol. The van der Waals surface area contributed by atoms with Gasteiger partial charge in [-0.3, -0.25) is 14.4 Å². The minimum atomic E-state index is -1.14. The van der Waals surface area contributed by atoms with Gasteiger partial charge in [-0.1, -0.05) is 77.6 Å². The predicted molar refractivity (Wildman–Crippen MR) is 197 cm³/mol. The number of piperazine rings is 1. The number of amides is 2. The molecule has 0 spiro atoms. The third-order valence-corrected chi connectivity index (χ3v) is 9.10. The Labute approximate surface area is 292 Å². The topological polar surface area (TPSA) is 111 Å². The number of ether oxygens (including phenoxy) is 1. The second-order valence-electron chi connectivity index (χ2n) is 14.0. The Balaban J connectivity index is 1.32. The van der Waals surface area contributed by atoms with Gasteiger partial charge in [0, 0.05) is 49.5 Å². The molecule has 0 saturated carbocycles. The first-order valence-electron chi connectivity index (χ1n) is 17.7. The van der Waals surface area contributed by atoms with Crippen LogP contribution in [0.5, 0.6) is 5.75 Å². The lowest BCUT2D eigenvalue weighted by Gasteiger charge is -2.37. The van der Waals surface area contributed by atoms with Crippen molar-refractivity contribution in [3.8, 4) is 5.75 Å². The fourth-order valence-corrected chi connectivity index (χ4v) is 5.90. The number of aliphatic carboxylic acids is 1. The Hall–Kier alpha value is -4.53. The summed E-state index contributed by atoms with van der Waals surface area (Å²) in [6, 6.07) is 21.7. The average Bonchev–Trinajstić information content (AvgIpc) is 3.09. The summed E-state index contributed by atoms with van der Waals surface area (Å²) in [5, 5.41) is 14.7. The minimum Gasteiger partial charge on any atom is -0.494 e. The number of hydrogen-bond acceptors (Lipinski definition) is 6. The number of benzene rings is 3. The Kier molecular flexibility index (Phi) is 13.5. The summed E-state index contributed by atoms with van der Waals surface area (Å²) in [7, 11) is 0. The third-order valence-electron chi connectivity index (χ3n) is 9.10. The Morgan fingerprint density at radius 2 is 1.33 bits per heavy atom. The third kappa shape index (κ3) is 11.3. The standard InChI is InChI=1S/C40H54N4O5/c1-6-7-8-9-10-27-49-35-21-19-34(20-22-35)44-25-23-43(24-26-44)33-17-11-30(12-18-33)28-36(38(46)41-29(2)39(47)48)42-37(45)31-13-15-32(16-14-31)40(3,4)5/h11-22,29,36H,6-10,23-28H2,1-5H3,(H,41,46)(H,42,45)(H,47,48)/t29-,36+/m1/s1. The van der Waals surface area contributed by atoms with Crippen LogP contribution >= 0.6 is 0 Å². The molecule has 4 rings (SSSR count). The van der Waals surface area contributed by atoms with E-state index in [-0.39, 0.29) is 11.8 Å². The van der Waals surface area contributed by atoms with Crippen molar-refractivity contribution in [2.24, 2.45) is 0 Å². The number of unbranched alkanes of at least 4 members (excludes halogenated alkanes) is 4. The van der Waals surface area contributed by atoms with Crippen LogP contribution in [0.15, 0.2) is 72.8 Å². The van der Waals surface area contributed by atoms with Gasteiger partial charge in [0.1, 0.15) is 17.8 Å². The molecule has 3 aromatic rings. The highest BCUT2D eigenvalue weighted by Gasteiger charge is 2.26. The molecule has 1 fully saturated rings. The molecular weight excluding hydrogens is 616 g/mol. The van der Waals surface area contributed by atoms with Crippen LogP contribution in [0.3, 0.4) is 0 Å². The van der Waals surface area contributed by atoms with Crippen molar-refractivity contribution in [2.45, 2.75) is 90.6 Å². The zero-order valence-electron chi connectivity index (χ0n) is 29.8. The maximum Gasteiger partial charge on any atom is 0.325 e. The highest BCUT2D eigenvalue weighted by atomic mass is 16.5. The number of carbonyl (C=O) groups is 3.